The van der Waals surface area contributed by atoms with Gasteiger partial charge in [0.1, 0.15) is 11.5 Å². The number of amides is 1. The van der Waals surface area contributed by atoms with Crippen molar-refractivity contribution in [1.82, 2.24) is 14.7 Å². The normalized spacial score (nSPS) is 10.7. The third-order valence-electron chi connectivity index (χ3n) is 4.06. The molecule has 0 aliphatic heterocycles. The van der Waals surface area contributed by atoms with Gasteiger partial charge in [0.2, 0.25) is 5.75 Å². The highest BCUT2D eigenvalue weighted by atomic mass is 19.1. The van der Waals surface area contributed by atoms with Crippen molar-refractivity contribution in [3.05, 3.63) is 53.7 Å². The van der Waals surface area contributed by atoms with Crippen molar-refractivity contribution in [1.29, 1.82) is 0 Å². The molecule has 3 aromatic rings. The molecule has 0 atom stereocenters. The molecular formula is C19H20FN3O4. The van der Waals surface area contributed by atoms with E-state index < -0.39 is 0 Å². The van der Waals surface area contributed by atoms with E-state index in [0.717, 1.165) is 5.69 Å². The van der Waals surface area contributed by atoms with E-state index >= 15 is 0 Å². The largest absolute Gasteiger partial charge is 0.493 e. The van der Waals surface area contributed by atoms with Crippen LogP contribution in [0.25, 0.3) is 5.65 Å². The molecule has 1 amide bonds. The summed E-state index contributed by atoms with van der Waals surface area (Å²) < 4.78 is 30.6. The van der Waals surface area contributed by atoms with Gasteiger partial charge in [0.25, 0.3) is 5.91 Å². The maximum Gasteiger partial charge on any atom is 0.251 e. The zero-order valence-corrected chi connectivity index (χ0v) is 15.3. The Morgan fingerprint density at radius 2 is 1.81 bits per heavy atom. The SMILES string of the molecule is COc1cc(C(=O)NCCc2cn3cc(F)ccc3n2)cc(OC)c1OC. The van der Waals surface area contributed by atoms with Crippen LogP contribution < -0.4 is 19.5 Å². The quantitative estimate of drug-likeness (QED) is 0.689. The lowest BCUT2D eigenvalue weighted by Crippen LogP contribution is -2.25. The van der Waals surface area contributed by atoms with Crippen molar-refractivity contribution in [2.24, 2.45) is 0 Å². The Morgan fingerprint density at radius 3 is 2.44 bits per heavy atom. The van der Waals surface area contributed by atoms with E-state index in [9.17, 15) is 9.18 Å². The van der Waals surface area contributed by atoms with Crippen LogP contribution in [0.2, 0.25) is 0 Å². The van der Waals surface area contributed by atoms with Gasteiger partial charge in [0, 0.05) is 30.9 Å². The number of benzene rings is 1. The highest BCUT2D eigenvalue weighted by molar-refractivity contribution is 5.95. The molecule has 8 heteroatoms. The molecule has 0 radical (unpaired) electrons. The molecule has 2 aromatic heterocycles. The minimum atomic E-state index is -0.331. The summed E-state index contributed by atoms with van der Waals surface area (Å²) in [5.41, 5.74) is 1.80. The van der Waals surface area contributed by atoms with Crippen LogP contribution in [0.3, 0.4) is 0 Å². The number of nitrogens with zero attached hydrogens (tertiary/aromatic N) is 2. The third-order valence-corrected chi connectivity index (χ3v) is 4.06. The summed E-state index contributed by atoms with van der Waals surface area (Å²) in [6, 6.07) is 6.14. The van der Waals surface area contributed by atoms with Crippen molar-refractivity contribution in [3.8, 4) is 17.2 Å². The van der Waals surface area contributed by atoms with Crippen LogP contribution in [0.5, 0.6) is 17.2 Å². The standard InChI is InChI=1S/C19H20FN3O4/c1-25-15-8-12(9-16(26-2)18(15)27-3)19(24)21-7-6-14-11-23-10-13(20)4-5-17(23)22-14/h4-5,8-11H,6-7H2,1-3H3,(H,21,24). The van der Waals surface area contributed by atoms with Crippen LogP contribution >= 0.6 is 0 Å². The number of carbonyl (C=O) groups excluding carboxylic acids is 1. The first kappa shape index (κ1) is 18.5. The zero-order valence-electron chi connectivity index (χ0n) is 15.3. The van der Waals surface area contributed by atoms with Gasteiger partial charge in [-0.3, -0.25) is 4.79 Å². The zero-order chi connectivity index (χ0) is 19.4. The van der Waals surface area contributed by atoms with Crippen LogP contribution in [-0.2, 0) is 6.42 Å². The molecule has 0 saturated carbocycles. The molecule has 1 aromatic carbocycles. The van der Waals surface area contributed by atoms with E-state index in [2.05, 4.69) is 10.3 Å². The summed E-state index contributed by atoms with van der Waals surface area (Å²) in [5, 5.41) is 2.83. The molecule has 7 nitrogen and oxygen atoms in total. The van der Waals surface area contributed by atoms with Crippen LogP contribution in [0, 0.1) is 5.82 Å². The fraction of sp³-hybridized carbons (Fsp3) is 0.263. The smallest absolute Gasteiger partial charge is 0.251 e. The van der Waals surface area contributed by atoms with Gasteiger partial charge < -0.3 is 23.9 Å². The van der Waals surface area contributed by atoms with Crippen molar-refractivity contribution in [3.63, 3.8) is 0 Å². The summed E-state index contributed by atoms with van der Waals surface area (Å²) >= 11 is 0. The fourth-order valence-corrected chi connectivity index (χ4v) is 2.76. The minimum absolute atomic E-state index is 0.274. The number of nitrogens with one attached hydrogen (secondary N) is 1. The van der Waals surface area contributed by atoms with Gasteiger partial charge in [0.15, 0.2) is 11.5 Å². The molecule has 142 valence electrons. The lowest BCUT2D eigenvalue weighted by atomic mass is 10.1. The first-order chi connectivity index (χ1) is 13.0. The molecule has 0 aliphatic rings. The van der Waals surface area contributed by atoms with Crippen molar-refractivity contribution in [2.75, 3.05) is 27.9 Å². The van der Waals surface area contributed by atoms with Crippen LogP contribution in [-0.4, -0.2) is 43.2 Å². The van der Waals surface area contributed by atoms with E-state index in [1.165, 1.54) is 33.6 Å². The Kier molecular flexibility index (Phi) is 5.44. The average Bonchev–Trinajstić information content (AvgIpc) is 3.08. The second-order valence-corrected chi connectivity index (χ2v) is 5.76. The maximum absolute atomic E-state index is 13.2. The number of rotatable bonds is 7. The van der Waals surface area contributed by atoms with Gasteiger partial charge in [-0.2, -0.15) is 0 Å². The molecule has 27 heavy (non-hydrogen) atoms. The molecule has 1 N–H and O–H groups in total. The Balaban J connectivity index is 1.68. The van der Waals surface area contributed by atoms with Gasteiger partial charge in [-0.05, 0) is 24.3 Å². The lowest BCUT2D eigenvalue weighted by Gasteiger charge is -2.14. The Hall–Kier alpha value is -3.29. The predicted octanol–water partition coefficient (Wildman–Crippen LogP) is 2.47. The van der Waals surface area contributed by atoms with Gasteiger partial charge in [-0.15, -0.1) is 0 Å². The summed E-state index contributed by atoms with van der Waals surface area (Å²) in [6.07, 6.45) is 3.61. The number of methoxy groups -OCH3 is 3. The van der Waals surface area contributed by atoms with Gasteiger partial charge >= 0.3 is 0 Å². The Morgan fingerprint density at radius 1 is 1.11 bits per heavy atom. The molecule has 0 saturated heterocycles. The Labute approximate surface area is 155 Å². The minimum Gasteiger partial charge on any atom is -0.493 e. The molecule has 3 rings (SSSR count). The van der Waals surface area contributed by atoms with E-state index in [1.807, 2.05) is 0 Å². The second kappa shape index (κ2) is 7.94. The average molecular weight is 373 g/mol. The van der Waals surface area contributed by atoms with Gasteiger partial charge in [0.05, 0.1) is 27.0 Å². The van der Waals surface area contributed by atoms with E-state index in [4.69, 9.17) is 14.2 Å². The molecule has 2 heterocycles. The summed E-state index contributed by atoms with van der Waals surface area (Å²) in [6.45, 7) is 0.377. The molecule has 0 spiro atoms. The number of carbonyl (C=O) groups is 1. The number of halogens is 1. The van der Waals surface area contributed by atoms with Crippen LogP contribution in [0.15, 0.2) is 36.7 Å². The first-order valence-corrected chi connectivity index (χ1v) is 8.27. The second-order valence-electron chi connectivity index (χ2n) is 5.76. The summed E-state index contributed by atoms with van der Waals surface area (Å²) in [4.78, 5) is 16.8. The molecule has 0 fully saturated rings. The fourth-order valence-electron chi connectivity index (χ4n) is 2.76. The molecule has 0 aliphatic carbocycles. The van der Waals surface area contributed by atoms with Gasteiger partial charge in [-0.25, -0.2) is 9.37 Å². The van der Waals surface area contributed by atoms with Crippen molar-refractivity contribution in [2.45, 2.75) is 6.42 Å². The first-order valence-electron chi connectivity index (χ1n) is 8.27. The number of fused-ring (bicyclic) bond motifs is 1. The predicted molar refractivity (Wildman–Crippen MR) is 97.3 cm³/mol. The van der Waals surface area contributed by atoms with E-state index in [-0.39, 0.29) is 11.7 Å². The molecule has 0 bridgehead atoms. The highest BCUT2D eigenvalue weighted by Crippen LogP contribution is 2.38. The monoisotopic (exact) mass is 373 g/mol. The van der Waals surface area contributed by atoms with Crippen molar-refractivity contribution >= 4 is 11.6 Å². The van der Waals surface area contributed by atoms with Crippen molar-refractivity contribution < 1.29 is 23.4 Å². The van der Waals surface area contributed by atoms with E-state index in [1.54, 1.807) is 28.8 Å². The third kappa shape index (κ3) is 3.94. The number of hydrogen-bond acceptors (Lipinski definition) is 5. The molecular weight excluding hydrogens is 353 g/mol. The Bertz CT molecular complexity index is 946. The van der Waals surface area contributed by atoms with Gasteiger partial charge in [-0.1, -0.05) is 0 Å². The number of pyridine rings is 1. The summed E-state index contributed by atoms with van der Waals surface area (Å²) in [7, 11) is 4.48. The number of hydrogen-bond donors (Lipinski definition) is 1. The number of imidazole rings is 1. The van der Waals surface area contributed by atoms with E-state index in [0.29, 0.717) is 41.4 Å². The summed E-state index contributed by atoms with van der Waals surface area (Å²) in [5.74, 6) is 0.633. The number of aromatic nitrogens is 2. The van der Waals surface area contributed by atoms with Crippen LogP contribution in [0.4, 0.5) is 4.39 Å². The number of ether oxygens (including phenoxy) is 3. The highest BCUT2D eigenvalue weighted by Gasteiger charge is 2.16. The van der Waals surface area contributed by atoms with Crippen LogP contribution in [0.1, 0.15) is 16.1 Å². The lowest BCUT2D eigenvalue weighted by molar-refractivity contribution is 0.0953. The topological polar surface area (TPSA) is 74.1 Å². The maximum atomic E-state index is 13.2. The molecule has 0 unspecified atom stereocenters.